The van der Waals surface area contributed by atoms with Crippen molar-refractivity contribution >= 4 is 0 Å². The van der Waals surface area contributed by atoms with Crippen LogP contribution in [0.1, 0.15) is 32.6 Å². The third-order valence-corrected chi connectivity index (χ3v) is 2.88. The fourth-order valence-corrected chi connectivity index (χ4v) is 1.57. The first-order valence-corrected chi connectivity index (χ1v) is 6.33. The molecule has 0 radical (unpaired) electrons. The van der Waals surface area contributed by atoms with Crippen molar-refractivity contribution < 1.29 is 4.74 Å². The average Bonchev–Trinajstić information content (AvgIpc) is 3.05. The molecule has 1 aliphatic carbocycles. The van der Waals surface area contributed by atoms with Crippen LogP contribution >= 0.6 is 0 Å². The Hall–Kier alpha value is -0.120. The maximum atomic E-state index is 5.46. The predicted molar refractivity (Wildman–Crippen MR) is 64.2 cm³/mol. The first-order valence-electron chi connectivity index (χ1n) is 6.33. The summed E-state index contributed by atoms with van der Waals surface area (Å²) < 4.78 is 5.46. The Balaban J connectivity index is 1.72. The monoisotopic (exact) mass is 214 g/mol. The first kappa shape index (κ1) is 12.9. The van der Waals surface area contributed by atoms with Gasteiger partial charge in [-0.1, -0.05) is 13.3 Å². The largest absolute Gasteiger partial charge is 0.380 e. The molecule has 3 heteroatoms. The van der Waals surface area contributed by atoms with E-state index in [0.717, 1.165) is 32.3 Å². The number of hydrogen-bond donors (Lipinski definition) is 1. The van der Waals surface area contributed by atoms with Gasteiger partial charge in [-0.2, -0.15) is 0 Å². The summed E-state index contributed by atoms with van der Waals surface area (Å²) in [5.74, 6) is 0. The quantitative estimate of drug-likeness (QED) is 0.558. The van der Waals surface area contributed by atoms with Crippen molar-refractivity contribution in [1.82, 2.24) is 10.2 Å². The molecule has 0 aromatic rings. The standard InChI is InChI=1S/C12H26N2O/c1-3-4-10-15-11-8-13-7-9-14(2)12-5-6-12/h12-13H,3-11H2,1-2H3. The minimum atomic E-state index is 0.854. The molecule has 0 spiro atoms. The molecule has 0 amide bonds. The van der Waals surface area contributed by atoms with E-state index < -0.39 is 0 Å². The van der Waals surface area contributed by atoms with Crippen molar-refractivity contribution in [3.05, 3.63) is 0 Å². The topological polar surface area (TPSA) is 24.5 Å². The summed E-state index contributed by atoms with van der Waals surface area (Å²) in [6.07, 6.45) is 5.21. The molecule has 1 fully saturated rings. The molecule has 0 bridgehead atoms. The van der Waals surface area contributed by atoms with E-state index in [1.54, 1.807) is 0 Å². The number of ether oxygens (including phenoxy) is 1. The van der Waals surface area contributed by atoms with Gasteiger partial charge in [-0.15, -0.1) is 0 Å². The zero-order chi connectivity index (χ0) is 10.9. The highest BCUT2D eigenvalue weighted by atomic mass is 16.5. The second kappa shape index (κ2) is 8.08. The molecule has 1 aliphatic rings. The van der Waals surface area contributed by atoms with E-state index >= 15 is 0 Å². The number of rotatable bonds is 10. The minimum Gasteiger partial charge on any atom is -0.380 e. The van der Waals surface area contributed by atoms with Crippen LogP contribution in [-0.2, 0) is 4.74 Å². The number of nitrogens with one attached hydrogen (secondary N) is 1. The summed E-state index contributed by atoms with van der Waals surface area (Å²) in [7, 11) is 2.22. The summed E-state index contributed by atoms with van der Waals surface area (Å²) in [6, 6.07) is 0.882. The molecule has 0 aliphatic heterocycles. The molecule has 1 saturated carbocycles. The van der Waals surface area contributed by atoms with Crippen LogP contribution < -0.4 is 5.32 Å². The second-order valence-electron chi connectivity index (χ2n) is 4.43. The Labute approximate surface area is 94.2 Å². The van der Waals surface area contributed by atoms with E-state index in [4.69, 9.17) is 4.74 Å². The van der Waals surface area contributed by atoms with Gasteiger partial charge in [0, 0.05) is 32.3 Å². The summed E-state index contributed by atoms with van der Waals surface area (Å²) >= 11 is 0. The van der Waals surface area contributed by atoms with Crippen LogP contribution in [0, 0.1) is 0 Å². The van der Waals surface area contributed by atoms with E-state index in [1.807, 2.05) is 0 Å². The number of hydrogen-bond acceptors (Lipinski definition) is 3. The van der Waals surface area contributed by atoms with Gasteiger partial charge < -0.3 is 15.0 Å². The summed E-state index contributed by atoms with van der Waals surface area (Å²) in [5.41, 5.74) is 0. The molecule has 90 valence electrons. The lowest BCUT2D eigenvalue weighted by Gasteiger charge is -2.15. The lowest BCUT2D eigenvalue weighted by Crippen LogP contribution is -2.32. The van der Waals surface area contributed by atoms with Gasteiger partial charge in [0.1, 0.15) is 0 Å². The van der Waals surface area contributed by atoms with Crippen molar-refractivity contribution in [3.63, 3.8) is 0 Å². The molecular weight excluding hydrogens is 188 g/mol. The van der Waals surface area contributed by atoms with E-state index in [2.05, 4.69) is 24.2 Å². The summed E-state index contributed by atoms with van der Waals surface area (Å²) in [5, 5.41) is 3.41. The smallest absolute Gasteiger partial charge is 0.0590 e. The van der Waals surface area contributed by atoms with Gasteiger partial charge in [-0.05, 0) is 26.3 Å². The van der Waals surface area contributed by atoms with E-state index in [1.165, 1.54) is 32.2 Å². The Bertz CT molecular complexity index is 149. The maximum absolute atomic E-state index is 5.46. The average molecular weight is 214 g/mol. The normalized spacial score (nSPS) is 16.2. The van der Waals surface area contributed by atoms with E-state index in [0.29, 0.717) is 0 Å². The summed E-state index contributed by atoms with van der Waals surface area (Å²) in [6.45, 7) is 7.20. The Morgan fingerprint density at radius 1 is 1.27 bits per heavy atom. The Morgan fingerprint density at radius 2 is 2.07 bits per heavy atom. The van der Waals surface area contributed by atoms with Crippen LogP contribution in [0.15, 0.2) is 0 Å². The van der Waals surface area contributed by atoms with Crippen LogP contribution in [-0.4, -0.2) is 50.8 Å². The molecule has 15 heavy (non-hydrogen) atoms. The SMILES string of the molecule is CCCCOCCNCCN(C)C1CC1. The fourth-order valence-electron chi connectivity index (χ4n) is 1.57. The number of nitrogens with zero attached hydrogens (tertiary/aromatic N) is 1. The molecule has 1 rings (SSSR count). The van der Waals surface area contributed by atoms with Gasteiger partial charge in [0.25, 0.3) is 0 Å². The zero-order valence-corrected chi connectivity index (χ0v) is 10.3. The van der Waals surface area contributed by atoms with Gasteiger partial charge in [0.05, 0.1) is 6.61 Å². The fraction of sp³-hybridized carbons (Fsp3) is 1.00. The van der Waals surface area contributed by atoms with Crippen molar-refractivity contribution in [2.45, 2.75) is 38.6 Å². The van der Waals surface area contributed by atoms with E-state index in [-0.39, 0.29) is 0 Å². The summed E-state index contributed by atoms with van der Waals surface area (Å²) in [4.78, 5) is 2.45. The minimum absolute atomic E-state index is 0.854. The molecule has 0 aromatic heterocycles. The van der Waals surface area contributed by atoms with Gasteiger partial charge in [0.2, 0.25) is 0 Å². The molecule has 3 nitrogen and oxygen atoms in total. The van der Waals surface area contributed by atoms with Crippen LogP contribution in [0.4, 0.5) is 0 Å². The van der Waals surface area contributed by atoms with Crippen LogP contribution in [0.2, 0.25) is 0 Å². The second-order valence-corrected chi connectivity index (χ2v) is 4.43. The van der Waals surface area contributed by atoms with Crippen molar-refractivity contribution in [3.8, 4) is 0 Å². The van der Waals surface area contributed by atoms with Gasteiger partial charge >= 0.3 is 0 Å². The molecule has 0 aromatic carbocycles. The lowest BCUT2D eigenvalue weighted by molar-refractivity contribution is 0.132. The number of likely N-dealkylation sites (N-methyl/N-ethyl adjacent to an activating group) is 1. The molecule has 0 unspecified atom stereocenters. The zero-order valence-electron chi connectivity index (χ0n) is 10.3. The van der Waals surface area contributed by atoms with Gasteiger partial charge in [-0.3, -0.25) is 0 Å². The van der Waals surface area contributed by atoms with Gasteiger partial charge in [-0.25, -0.2) is 0 Å². The first-order chi connectivity index (χ1) is 7.34. The van der Waals surface area contributed by atoms with Gasteiger partial charge in [0.15, 0.2) is 0 Å². The highest BCUT2D eigenvalue weighted by Crippen LogP contribution is 2.24. The highest BCUT2D eigenvalue weighted by molar-refractivity contribution is 4.82. The van der Waals surface area contributed by atoms with Crippen molar-refractivity contribution in [2.24, 2.45) is 0 Å². The molecule has 1 N–H and O–H groups in total. The van der Waals surface area contributed by atoms with E-state index in [9.17, 15) is 0 Å². The van der Waals surface area contributed by atoms with Crippen LogP contribution in [0.25, 0.3) is 0 Å². The molecule has 0 heterocycles. The highest BCUT2D eigenvalue weighted by Gasteiger charge is 2.25. The lowest BCUT2D eigenvalue weighted by atomic mass is 10.4. The Kier molecular flexibility index (Phi) is 6.98. The van der Waals surface area contributed by atoms with Crippen molar-refractivity contribution in [1.29, 1.82) is 0 Å². The third kappa shape index (κ3) is 6.88. The third-order valence-electron chi connectivity index (χ3n) is 2.88. The van der Waals surface area contributed by atoms with Crippen LogP contribution in [0.3, 0.4) is 0 Å². The molecule has 0 saturated heterocycles. The van der Waals surface area contributed by atoms with Crippen molar-refractivity contribution in [2.75, 3.05) is 39.9 Å². The molecular formula is C12H26N2O. The molecule has 0 atom stereocenters. The number of unbranched alkanes of at least 4 members (excludes halogenated alkanes) is 1. The van der Waals surface area contributed by atoms with Crippen LogP contribution in [0.5, 0.6) is 0 Å². The predicted octanol–water partition coefficient (Wildman–Crippen LogP) is 1.49. The maximum Gasteiger partial charge on any atom is 0.0590 e. The Morgan fingerprint density at radius 3 is 2.73 bits per heavy atom.